The summed E-state index contributed by atoms with van der Waals surface area (Å²) in [4.78, 5) is 19.1. The zero-order chi connectivity index (χ0) is 30.3. The third-order valence-electron chi connectivity index (χ3n) is 9.15. The first-order valence-corrected chi connectivity index (χ1v) is 14.5. The lowest BCUT2D eigenvalue weighted by atomic mass is 9.90. The average Bonchev–Trinajstić information content (AvgIpc) is 3.00. The number of hydrogen-bond acceptors (Lipinski definition) is 5. The molecule has 0 saturated carbocycles. The molecule has 0 fully saturated rings. The van der Waals surface area contributed by atoms with Crippen LogP contribution in [-0.4, -0.2) is 29.0 Å². The molecule has 0 saturated heterocycles. The van der Waals surface area contributed by atoms with Gasteiger partial charge in [0.25, 0.3) is 0 Å². The first-order chi connectivity index (χ1) is 20.0. The Morgan fingerprint density at radius 3 is 1.05 bits per heavy atom. The summed E-state index contributed by atoms with van der Waals surface area (Å²) < 4.78 is 0. The summed E-state index contributed by atoms with van der Waals surface area (Å²) in [5, 5.41) is 0. The second-order valence-electron chi connectivity index (χ2n) is 11.4. The van der Waals surface area contributed by atoms with Gasteiger partial charge < -0.3 is 9.80 Å². The van der Waals surface area contributed by atoms with Crippen LogP contribution < -0.4 is 9.80 Å². The largest absolute Gasteiger partial charge is 0.344 e. The summed E-state index contributed by atoms with van der Waals surface area (Å²) in [6, 6.07) is 21.0. The summed E-state index contributed by atoms with van der Waals surface area (Å²) in [6.07, 6.45) is 1.67. The van der Waals surface area contributed by atoms with Crippen LogP contribution in [0.15, 0.2) is 67.0 Å². The highest BCUT2D eigenvalue weighted by Crippen LogP contribution is 2.42. The average molecular weight is 556 g/mol. The molecule has 4 aromatic carbocycles. The number of para-hydroxylation sites is 2. The third-order valence-corrected chi connectivity index (χ3v) is 9.15. The highest BCUT2D eigenvalue weighted by Gasteiger charge is 2.24. The lowest BCUT2D eigenvalue weighted by Gasteiger charge is -2.28. The Kier molecular flexibility index (Phi) is 7.87. The molecule has 0 unspecified atom stereocenters. The molecule has 0 aliphatic rings. The third kappa shape index (κ3) is 4.83. The van der Waals surface area contributed by atoms with Crippen LogP contribution in [-0.2, 0) is 0 Å². The van der Waals surface area contributed by atoms with E-state index in [-0.39, 0.29) is 0 Å². The fourth-order valence-electron chi connectivity index (χ4n) is 6.36. The maximum atomic E-state index is 5.14. The number of aromatic nitrogens is 3. The second kappa shape index (κ2) is 11.4. The topological polar surface area (TPSA) is 45.2 Å². The van der Waals surface area contributed by atoms with E-state index in [0.29, 0.717) is 0 Å². The molecule has 0 radical (unpaired) electrons. The maximum absolute atomic E-state index is 5.14. The Morgan fingerprint density at radius 1 is 0.429 bits per heavy atom. The minimum atomic E-state index is 0.717. The SMILES string of the molecule is Cc1c(C)c(N(C)c2ccccc2)c(C)c(C)c1-c1ncnc(-c2c(C)c(C)c(N(C)c3ccccc3)c(C)c2C)n1. The predicted molar refractivity (Wildman–Crippen MR) is 178 cm³/mol. The number of rotatable bonds is 6. The highest BCUT2D eigenvalue weighted by atomic mass is 15.1. The minimum absolute atomic E-state index is 0.717. The smallest absolute Gasteiger partial charge is 0.163 e. The van der Waals surface area contributed by atoms with Crippen molar-refractivity contribution in [3.8, 4) is 22.8 Å². The van der Waals surface area contributed by atoms with Gasteiger partial charge in [0.15, 0.2) is 11.6 Å². The molecule has 0 amide bonds. The Balaban J connectivity index is 1.63. The van der Waals surface area contributed by atoms with Crippen molar-refractivity contribution in [3.63, 3.8) is 0 Å². The van der Waals surface area contributed by atoms with E-state index in [1.807, 2.05) is 0 Å². The van der Waals surface area contributed by atoms with Gasteiger partial charge in [-0.2, -0.15) is 0 Å². The molecule has 1 heterocycles. The molecule has 1 aromatic heterocycles. The molecule has 0 N–H and O–H groups in total. The van der Waals surface area contributed by atoms with Crippen LogP contribution >= 0.6 is 0 Å². The Labute approximate surface area is 250 Å². The number of benzene rings is 4. The van der Waals surface area contributed by atoms with Gasteiger partial charge in [-0.25, -0.2) is 15.0 Å². The van der Waals surface area contributed by atoms with Gasteiger partial charge in [0.2, 0.25) is 0 Å². The van der Waals surface area contributed by atoms with Crippen molar-refractivity contribution in [2.75, 3.05) is 23.9 Å². The van der Waals surface area contributed by atoms with Crippen molar-refractivity contribution in [1.82, 2.24) is 15.0 Å². The fraction of sp³-hybridized carbons (Fsp3) is 0.270. The van der Waals surface area contributed by atoms with E-state index in [1.54, 1.807) is 6.33 Å². The fourth-order valence-corrected chi connectivity index (χ4v) is 6.36. The number of anilines is 4. The minimum Gasteiger partial charge on any atom is -0.344 e. The van der Waals surface area contributed by atoms with Gasteiger partial charge in [-0.3, -0.25) is 0 Å². The van der Waals surface area contributed by atoms with E-state index in [0.717, 1.165) is 34.2 Å². The molecular weight excluding hydrogens is 514 g/mol. The summed E-state index contributed by atoms with van der Waals surface area (Å²) in [5.74, 6) is 1.43. The summed E-state index contributed by atoms with van der Waals surface area (Å²) in [6.45, 7) is 17.5. The van der Waals surface area contributed by atoms with E-state index >= 15 is 0 Å². The van der Waals surface area contributed by atoms with Crippen LogP contribution in [0.3, 0.4) is 0 Å². The van der Waals surface area contributed by atoms with Gasteiger partial charge in [-0.1, -0.05) is 36.4 Å². The van der Waals surface area contributed by atoms with Gasteiger partial charge in [0, 0.05) is 48.0 Å². The Morgan fingerprint density at radius 2 is 0.738 bits per heavy atom. The second-order valence-corrected chi connectivity index (χ2v) is 11.4. The van der Waals surface area contributed by atoms with Crippen molar-refractivity contribution in [3.05, 3.63) is 111 Å². The molecule has 0 spiro atoms. The van der Waals surface area contributed by atoms with Gasteiger partial charge in [-0.15, -0.1) is 0 Å². The Bertz CT molecular complexity index is 1590. The number of nitrogens with zero attached hydrogens (tertiary/aromatic N) is 5. The molecule has 0 bridgehead atoms. The molecule has 214 valence electrons. The van der Waals surface area contributed by atoms with Gasteiger partial charge in [-0.05, 0) is 124 Å². The first kappa shape index (κ1) is 29.0. The van der Waals surface area contributed by atoms with Crippen molar-refractivity contribution in [1.29, 1.82) is 0 Å². The van der Waals surface area contributed by atoms with Gasteiger partial charge >= 0.3 is 0 Å². The lowest BCUT2D eigenvalue weighted by molar-refractivity contribution is 1.04. The predicted octanol–water partition coefficient (Wildman–Crippen LogP) is 9.21. The van der Waals surface area contributed by atoms with Gasteiger partial charge in [0.1, 0.15) is 6.33 Å². The summed E-state index contributed by atoms with van der Waals surface area (Å²) >= 11 is 0. The van der Waals surface area contributed by atoms with Crippen LogP contribution in [0.4, 0.5) is 22.7 Å². The maximum Gasteiger partial charge on any atom is 0.163 e. The van der Waals surface area contributed by atoms with Crippen molar-refractivity contribution >= 4 is 22.7 Å². The molecule has 0 aliphatic heterocycles. The normalized spacial score (nSPS) is 11.1. The van der Waals surface area contributed by atoms with E-state index < -0.39 is 0 Å². The molecule has 0 atom stereocenters. The first-order valence-electron chi connectivity index (χ1n) is 14.5. The van der Waals surface area contributed by atoms with Crippen molar-refractivity contribution < 1.29 is 0 Å². The highest BCUT2D eigenvalue weighted by molar-refractivity contribution is 5.82. The van der Waals surface area contributed by atoms with E-state index in [2.05, 4.69) is 140 Å². The summed E-state index contributed by atoms with van der Waals surface area (Å²) in [5.41, 5.74) is 16.6. The molecule has 42 heavy (non-hydrogen) atoms. The van der Waals surface area contributed by atoms with Crippen LogP contribution in [0, 0.1) is 55.4 Å². The van der Waals surface area contributed by atoms with Crippen LogP contribution in [0.2, 0.25) is 0 Å². The van der Waals surface area contributed by atoms with Crippen LogP contribution in [0.1, 0.15) is 44.5 Å². The Hall–Kier alpha value is -4.51. The zero-order valence-corrected chi connectivity index (χ0v) is 26.6. The monoisotopic (exact) mass is 555 g/mol. The van der Waals surface area contributed by atoms with Crippen molar-refractivity contribution in [2.45, 2.75) is 55.4 Å². The van der Waals surface area contributed by atoms with E-state index in [9.17, 15) is 0 Å². The zero-order valence-electron chi connectivity index (χ0n) is 26.6. The molecule has 0 aliphatic carbocycles. The molecule has 5 aromatic rings. The van der Waals surface area contributed by atoms with Crippen LogP contribution in [0.5, 0.6) is 0 Å². The molecule has 5 heteroatoms. The van der Waals surface area contributed by atoms with Gasteiger partial charge in [0.05, 0.1) is 0 Å². The van der Waals surface area contributed by atoms with Crippen molar-refractivity contribution in [2.24, 2.45) is 0 Å². The number of hydrogen-bond donors (Lipinski definition) is 0. The summed E-state index contributed by atoms with van der Waals surface area (Å²) in [7, 11) is 4.28. The van der Waals surface area contributed by atoms with E-state index in [1.165, 1.54) is 55.9 Å². The molecular formula is C37H41N5. The molecule has 5 nitrogen and oxygen atoms in total. The molecule has 5 rings (SSSR count). The lowest BCUT2D eigenvalue weighted by Crippen LogP contribution is -2.15. The standard InChI is InChI=1S/C37H41N5/c1-22-26(5)34(41(9)30-17-13-11-14-18-30)27(6)23(2)32(22)36-38-21-39-37(40-36)33-24(3)28(7)35(29(8)25(33)4)42(10)31-19-15-12-16-20-31/h11-21H,1-10H3. The quantitative estimate of drug-likeness (QED) is 0.209. The van der Waals surface area contributed by atoms with Crippen LogP contribution in [0.25, 0.3) is 22.8 Å². The van der Waals surface area contributed by atoms with E-state index in [4.69, 9.17) is 15.0 Å².